The van der Waals surface area contributed by atoms with Gasteiger partial charge in [-0.05, 0) is 44.7 Å². The largest absolute Gasteiger partial charge is 0.497 e. The van der Waals surface area contributed by atoms with Crippen LogP contribution in [0.4, 0.5) is 0 Å². The second kappa shape index (κ2) is 10.1. The van der Waals surface area contributed by atoms with E-state index < -0.39 is 0 Å². The number of nitrogens with one attached hydrogen (secondary N) is 1. The van der Waals surface area contributed by atoms with Crippen LogP contribution in [0.15, 0.2) is 60.8 Å². The van der Waals surface area contributed by atoms with Gasteiger partial charge in [-0.2, -0.15) is 5.10 Å². The summed E-state index contributed by atoms with van der Waals surface area (Å²) in [5, 5.41) is 7.78. The highest BCUT2D eigenvalue weighted by molar-refractivity contribution is 6.00. The molecule has 1 heterocycles. The molecule has 158 valence electrons. The summed E-state index contributed by atoms with van der Waals surface area (Å²) >= 11 is 0. The van der Waals surface area contributed by atoms with Crippen LogP contribution in [0.2, 0.25) is 0 Å². The van der Waals surface area contributed by atoms with E-state index >= 15 is 0 Å². The molecule has 0 radical (unpaired) electrons. The molecule has 6 heteroatoms. The van der Waals surface area contributed by atoms with E-state index in [9.17, 15) is 4.79 Å². The van der Waals surface area contributed by atoms with Crippen molar-refractivity contribution < 1.29 is 9.53 Å². The lowest BCUT2D eigenvalue weighted by Crippen LogP contribution is -2.38. The quantitative estimate of drug-likeness (QED) is 0.583. The Labute approximate surface area is 178 Å². The average molecular weight is 407 g/mol. The number of nitrogens with zero attached hydrogens (tertiary/aromatic N) is 3. The zero-order chi connectivity index (χ0) is 21.5. The first-order valence-corrected chi connectivity index (χ1v) is 10.3. The minimum Gasteiger partial charge on any atom is -0.497 e. The van der Waals surface area contributed by atoms with E-state index in [2.05, 4.69) is 31.0 Å². The molecule has 3 aromatic rings. The Morgan fingerprint density at radius 1 is 1.17 bits per heavy atom. The molecular formula is C24H30N4O2. The van der Waals surface area contributed by atoms with Gasteiger partial charge >= 0.3 is 0 Å². The second-order valence-corrected chi connectivity index (χ2v) is 7.38. The number of carbonyl (C=O) groups is 1. The Morgan fingerprint density at radius 3 is 2.60 bits per heavy atom. The zero-order valence-electron chi connectivity index (χ0n) is 18.1. The molecule has 0 bridgehead atoms. The van der Waals surface area contributed by atoms with E-state index in [0.29, 0.717) is 23.8 Å². The first-order valence-electron chi connectivity index (χ1n) is 10.3. The molecule has 2 aromatic carbocycles. The topological polar surface area (TPSA) is 59.4 Å². The van der Waals surface area contributed by atoms with Crippen LogP contribution in [0.5, 0.6) is 5.75 Å². The molecule has 0 fully saturated rings. The Balaban J connectivity index is 1.89. The molecule has 30 heavy (non-hydrogen) atoms. The van der Waals surface area contributed by atoms with Gasteiger partial charge in [0.2, 0.25) is 0 Å². The number of benzene rings is 2. The minimum absolute atomic E-state index is 0.130. The maximum atomic E-state index is 13.1. The van der Waals surface area contributed by atoms with Crippen molar-refractivity contribution in [2.45, 2.75) is 26.8 Å². The smallest absolute Gasteiger partial charge is 0.255 e. The number of ether oxygens (including phenoxy) is 1. The van der Waals surface area contributed by atoms with Gasteiger partial charge in [0.25, 0.3) is 5.91 Å². The highest BCUT2D eigenvalue weighted by atomic mass is 16.5. The van der Waals surface area contributed by atoms with Gasteiger partial charge in [0, 0.05) is 30.9 Å². The lowest BCUT2D eigenvalue weighted by atomic mass is 10.1. The van der Waals surface area contributed by atoms with Crippen LogP contribution in [0.1, 0.15) is 31.1 Å². The summed E-state index contributed by atoms with van der Waals surface area (Å²) in [4.78, 5) is 15.4. The first-order chi connectivity index (χ1) is 14.5. The van der Waals surface area contributed by atoms with Crippen molar-refractivity contribution in [2.75, 3.05) is 26.7 Å². The van der Waals surface area contributed by atoms with Crippen LogP contribution in [0.3, 0.4) is 0 Å². The number of amides is 1. The van der Waals surface area contributed by atoms with Crippen LogP contribution in [-0.4, -0.2) is 53.4 Å². The minimum atomic E-state index is -0.130. The molecule has 1 N–H and O–H groups in total. The van der Waals surface area contributed by atoms with Gasteiger partial charge in [-0.25, -0.2) is 4.68 Å². The van der Waals surface area contributed by atoms with E-state index in [1.54, 1.807) is 18.0 Å². The maximum absolute atomic E-state index is 13.1. The lowest BCUT2D eigenvalue weighted by molar-refractivity contribution is 0.0946. The monoisotopic (exact) mass is 406 g/mol. The van der Waals surface area contributed by atoms with E-state index in [0.717, 1.165) is 30.1 Å². The third-order valence-corrected chi connectivity index (χ3v) is 5.14. The van der Waals surface area contributed by atoms with E-state index in [-0.39, 0.29) is 5.91 Å². The van der Waals surface area contributed by atoms with Gasteiger partial charge in [0.05, 0.1) is 18.4 Å². The predicted molar refractivity (Wildman–Crippen MR) is 120 cm³/mol. The Morgan fingerprint density at radius 2 is 1.93 bits per heavy atom. The summed E-state index contributed by atoms with van der Waals surface area (Å²) < 4.78 is 7.10. The van der Waals surface area contributed by atoms with Crippen LogP contribution >= 0.6 is 0 Å². The molecule has 0 aliphatic carbocycles. The number of aromatic nitrogens is 2. The summed E-state index contributed by atoms with van der Waals surface area (Å²) in [5.74, 6) is 0.596. The summed E-state index contributed by atoms with van der Waals surface area (Å²) in [6.45, 7) is 8.80. The first kappa shape index (κ1) is 21.6. The van der Waals surface area contributed by atoms with E-state index in [1.807, 2.05) is 54.6 Å². The molecule has 0 spiro atoms. The summed E-state index contributed by atoms with van der Waals surface area (Å²) in [6, 6.07) is 17.8. The molecule has 1 amide bonds. The van der Waals surface area contributed by atoms with Crippen molar-refractivity contribution in [3.8, 4) is 22.7 Å². The van der Waals surface area contributed by atoms with Crippen LogP contribution in [-0.2, 0) is 0 Å². The summed E-state index contributed by atoms with van der Waals surface area (Å²) in [6.07, 6.45) is 1.79. The van der Waals surface area contributed by atoms with Gasteiger partial charge in [-0.1, -0.05) is 37.3 Å². The van der Waals surface area contributed by atoms with Crippen molar-refractivity contribution in [2.24, 2.45) is 0 Å². The zero-order valence-corrected chi connectivity index (χ0v) is 18.1. The summed E-state index contributed by atoms with van der Waals surface area (Å²) in [7, 11) is 1.63. The Bertz CT molecular complexity index is 966. The number of likely N-dealkylation sites (N-methyl/N-ethyl adjacent to an activating group) is 1. The number of methoxy groups -OCH3 is 1. The van der Waals surface area contributed by atoms with Gasteiger partial charge in [0.15, 0.2) is 0 Å². The van der Waals surface area contributed by atoms with Crippen LogP contribution < -0.4 is 10.1 Å². The molecular weight excluding hydrogens is 376 g/mol. The van der Waals surface area contributed by atoms with Crippen molar-refractivity contribution in [1.29, 1.82) is 0 Å². The van der Waals surface area contributed by atoms with Crippen molar-refractivity contribution in [3.63, 3.8) is 0 Å². The van der Waals surface area contributed by atoms with Crippen LogP contribution in [0, 0.1) is 0 Å². The molecule has 0 aliphatic heterocycles. The number of rotatable bonds is 9. The normalized spacial score (nSPS) is 11.1. The standard InChI is InChI=1S/C24H30N4O2/c1-5-27(18(2)3)15-14-25-24(29)22-17-28(20-11-7-6-8-12-20)26-23(22)19-10-9-13-21(16-19)30-4/h6-13,16-18H,5,14-15H2,1-4H3,(H,25,29). The SMILES string of the molecule is CCN(CCNC(=O)c1cn(-c2ccccc2)nc1-c1cccc(OC)c1)C(C)C. The number of para-hydroxylation sites is 1. The molecule has 1 aromatic heterocycles. The summed E-state index contributed by atoms with van der Waals surface area (Å²) in [5.41, 5.74) is 2.91. The van der Waals surface area contributed by atoms with Crippen molar-refractivity contribution >= 4 is 5.91 Å². The fourth-order valence-corrected chi connectivity index (χ4v) is 3.43. The lowest BCUT2D eigenvalue weighted by Gasteiger charge is -2.24. The fraction of sp³-hybridized carbons (Fsp3) is 0.333. The van der Waals surface area contributed by atoms with E-state index in [1.165, 1.54) is 0 Å². The highest BCUT2D eigenvalue weighted by Crippen LogP contribution is 2.27. The number of hydrogen-bond donors (Lipinski definition) is 1. The van der Waals surface area contributed by atoms with Gasteiger partial charge < -0.3 is 10.1 Å². The maximum Gasteiger partial charge on any atom is 0.255 e. The number of hydrogen-bond acceptors (Lipinski definition) is 4. The third kappa shape index (κ3) is 5.07. The molecule has 0 unspecified atom stereocenters. The van der Waals surface area contributed by atoms with Gasteiger partial charge in [-0.15, -0.1) is 0 Å². The van der Waals surface area contributed by atoms with Gasteiger partial charge in [-0.3, -0.25) is 9.69 Å². The fourth-order valence-electron chi connectivity index (χ4n) is 3.43. The van der Waals surface area contributed by atoms with Crippen molar-refractivity contribution in [3.05, 3.63) is 66.4 Å². The molecule has 0 aliphatic rings. The van der Waals surface area contributed by atoms with E-state index in [4.69, 9.17) is 9.84 Å². The van der Waals surface area contributed by atoms with Gasteiger partial charge in [0.1, 0.15) is 11.4 Å². The average Bonchev–Trinajstić information content (AvgIpc) is 3.22. The Kier molecular flexibility index (Phi) is 7.25. The molecule has 0 saturated carbocycles. The molecule has 6 nitrogen and oxygen atoms in total. The highest BCUT2D eigenvalue weighted by Gasteiger charge is 2.19. The van der Waals surface area contributed by atoms with Crippen LogP contribution in [0.25, 0.3) is 16.9 Å². The third-order valence-electron chi connectivity index (χ3n) is 5.14. The molecule has 3 rings (SSSR count). The second-order valence-electron chi connectivity index (χ2n) is 7.38. The number of carbonyl (C=O) groups excluding carboxylic acids is 1. The molecule has 0 atom stereocenters. The predicted octanol–water partition coefficient (Wildman–Crippen LogP) is 4.01. The van der Waals surface area contributed by atoms with Crippen molar-refractivity contribution in [1.82, 2.24) is 20.0 Å². The molecule has 0 saturated heterocycles. The Hall–Kier alpha value is -3.12.